The summed E-state index contributed by atoms with van der Waals surface area (Å²) in [6.45, 7) is 9.78. The van der Waals surface area contributed by atoms with E-state index in [4.69, 9.17) is 9.47 Å². The molecule has 2 aromatic carbocycles. The van der Waals surface area contributed by atoms with Gasteiger partial charge in [-0.05, 0) is 30.7 Å². The summed E-state index contributed by atoms with van der Waals surface area (Å²) in [6, 6.07) is 20.0. The van der Waals surface area contributed by atoms with Crippen molar-refractivity contribution in [2.24, 2.45) is 0 Å². The van der Waals surface area contributed by atoms with Crippen molar-refractivity contribution in [2.45, 2.75) is 33.4 Å². The van der Waals surface area contributed by atoms with Crippen LogP contribution in [0.1, 0.15) is 27.2 Å². The minimum Gasteiger partial charge on any atom is -0.492 e. The zero-order valence-electron chi connectivity index (χ0n) is 15.6. The number of para-hydroxylation sites is 2. The fourth-order valence-electron chi connectivity index (χ4n) is 2.85. The minimum absolute atomic E-state index is 0.0177. The van der Waals surface area contributed by atoms with Crippen LogP contribution in [0.2, 0.25) is 0 Å². The summed E-state index contributed by atoms with van der Waals surface area (Å²) in [7, 11) is 0. The number of hydrazine groups is 1. The smallest absolute Gasteiger partial charge is 0.164 e. The molecule has 1 atom stereocenters. The highest BCUT2D eigenvalue weighted by Crippen LogP contribution is 2.17. The molecule has 0 saturated heterocycles. The van der Waals surface area contributed by atoms with Gasteiger partial charge in [0.1, 0.15) is 18.1 Å². The van der Waals surface area contributed by atoms with E-state index in [0.717, 1.165) is 37.6 Å². The second-order valence-corrected chi connectivity index (χ2v) is 5.76. The van der Waals surface area contributed by atoms with Gasteiger partial charge in [0, 0.05) is 19.6 Å². The van der Waals surface area contributed by atoms with Gasteiger partial charge in [0.05, 0.1) is 0 Å². The van der Waals surface area contributed by atoms with Gasteiger partial charge in [-0.2, -0.15) is 0 Å². The van der Waals surface area contributed by atoms with Gasteiger partial charge in [0.25, 0.3) is 0 Å². The van der Waals surface area contributed by atoms with Crippen LogP contribution in [-0.4, -0.2) is 42.5 Å². The van der Waals surface area contributed by atoms with Crippen LogP contribution in [0.15, 0.2) is 60.7 Å². The molecular weight excluding hydrogens is 312 g/mol. The molecule has 0 radical (unpaired) electrons. The predicted octanol–water partition coefficient (Wildman–Crippen LogP) is 4.44. The monoisotopic (exact) mass is 342 g/mol. The Kier molecular flexibility index (Phi) is 8.29. The average molecular weight is 342 g/mol. The molecule has 2 rings (SSSR count). The highest BCUT2D eigenvalue weighted by molar-refractivity contribution is 5.21. The SMILES string of the molecule is CCC(Oc1ccccc1)N(CC)N(CC)CCOc1ccccc1. The molecule has 0 fully saturated rings. The van der Waals surface area contributed by atoms with Crippen molar-refractivity contribution in [1.29, 1.82) is 0 Å². The molecule has 0 heterocycles. The third kappa shape index (κ3) is 6.07. The number of nitrogens with zero attached hydrogens (tertiary/aromatic N) is 2. The Balaban J connectivity index is 1.94. The molecule has 25 heavy (non-hydrogen) atoms. The van der Waals surface area contributed by atoms with Gasteiger partial charge in [-0.1, -0.05) is 57.2 Å². The van der Waals surface area contributed by atoms with Crippen LogP contribution >= 0.6 is 0 Å². The fraction of sp³-hybridized carbons (Fsp3) is 0.429. The molecule has 0 spiro atoms. The van der Waals surface area contributed by atoms with E-state index in [1.54, 1.807) is 0 Å². The summed E-state index contributed by atoms with van der Waals surface area (Å²) >= 11 is 0. The summed E-state index contributed by atoms with van der Waals surface area (Å²) in [5.74, 6) is 1.82. The zero-order chi connectivity index (χ0) is 17.9. The van der Waals surface area contributed by atoms with E-state index in [-0.39, 0.29) is 6.23 Å². The van der Waals surface area contributed by atoms with Crippen LogP contribution in [0.3, 0.4) is 0 Å². The van der Waals surface area contributed by atoms with Crippen LogP contribution < -0.4 is 9.47 Å². The highest BCUT2D eigenvalue weighted by Gasteiger charge is 2.22. The lowest BCUT2D eigenvalue weighted by Gasteiger charge is -2.38. The first-order valence-corrected chi connectivity index (χ1v) is 9.19. The predicted molar refractivity (Wildman–Crippen MR) is 103 cm³/mol. The topological polar surface area (TPSA) is 24.9 Å². The molecule has 2 aromatic rings. The Morgan fingerprint density at radius 3 is 1.92 bits per heavy atom. The molecule has 4 heteroatoms. The van der Waals surface area contributed by atoms with E-state index in [9.17, 15) is 0 Å². The van der Waals surface area contributed by atoms with Crippen molar-refractivity contribution < 1.29 is 9.47 Å². The zero-order valence-corrected chi connectivity index (χ0v) is 15.6. The lowest BCUT2D eigenvalue weighted by Crippen LogP contribution is -2.52. The van der Waals surface area contributed by atoms with Crippen molar-refractivity contribution in [3.05, 3.63) is 60.7 Å². The van der Waals surface area contributed by atoms with Gasteiger partial charge >= 0.3 is 0 Å². The normalized spacial score (nSPS) is 12.4. The van der Waals surface area contributed by atoms with E-state index < -0.39 is 0 Å². The van der Waals surface area contributed by atoms with E-state index in [2.05, 4.69) is 30.8 Å². The van der Waals surface area contributed by atoms with Crippen molar-refractivity contribution in [3.8, 4) is 11.5 Å². The number of likely N-dealkylation sites (N-methyl/N-ethyl adjacent to an activating group) is 1. The van der Waals surface area contributed by atoms with Crippen LogP contribution in [0.25, 0.3) is 0 Å². The number of hydrogen-bond donors (Lipinski definition) is 0. The third-order valence-electron chi connectivity index (χ3n) is 4.11. The maximum absolute atomic E-state index is 6.21. The average Bonchev–Trinajstić information content (AvgIpc) is 2.67. The molecule has 0 saturated carbocycles. The van der Waals surface area contributed by atoms with Crippen molar-refractivity contribution in [2.75, 3.05) is 26.2 Å². The van der Waals surface area contributed by atoms with Crippen LogP contribution in [-0.2, 0) is 0 Å². The Bertz CT molecular complexity index is 577. The molecule has 0 N–H and O–H groups in total. The largest absolute Gasteiger partial charge is 0.492 e. The highest BCUT2D eigenvalue weighted by atomic mass is 16.5. The van der Waals surface area contributed by atoms with E-state index >= 15 is 0 Å². The summed E-state index contributed by atoms with van der Waals surface area (Å²) in [5, 5.41) is 4.60. The van der Waals surface area contributed by atoms with Crippen molar-refractivity contribution >= 4 is 0 Å². The molecule has 0 aliphatic rings. The minimum atomic E-state index is 0.0177. The van der Waals surface area contributed by atoms with E-state index in [1.807, 2.05) is 60.7 Å². The lowest BCUT2D eigenvalue weighted by molar-refractivity contribution is -0.127. The van der Waals surface area contributed by atoms with Crippen LogP contribution in [0.4, 0.5) is 0 Å². The first-order chi connectivity index (χ1) is 12.3. The number of hydrogen-bond acceptors (Lipinski definition) is 4. The van der Waals surface area contributed by atoms with Crippen LogP contribution in [0.5, 0.6) is 11.5 Å². The first-order valence-electron chi connectivity index (χ1n) is 9.19. The fourth-order valence-corrected chi connectivity index (χ4v) is 2.85. The second kappa shape index (κ2) is 10.7. The van der Waals surface area contributed by atoms with E-state index in [1.165, 1.54) is 0 Å². The quantitative estimate of drug-likeness (QED) is 0.445. The molecule has 4 nitrogen and oxygen atoms in total. The second-order valence-electron chi connectivity index (χ2n) is 5.76. The van der Waals surface area contributed by atoms with Gasteiger partial charge in [-0.15, -0.1) is 0 Å². The van der Waals surface area contributed by atoms with Gasteiger partial charge in [-0.25, -0.2) is 10.0 Å². The van der Waals surface area contributed by atoms with Crippen molar-refractivity contribution in [1.82, 2.24) is 10.0 Å². The third-order valence-corrected chi connectivity index (χ3v) is 4.11. The molecule has 0 amide bonds. The molecular formula is C21H30N2O2. The molecule has 136 valence electrons. The Morgan fingerprint density at radius 1 is 0.800 bits per heavy atom. The lowest BCUT2D eigenvalue weighted by atomic mass is 10.3. The van der Waals surface area contributed by atoms with Gasteiger partial charge < -0.3 is 9.47 Å². The summed E-state index contributed by atoms with van der Waals surface area (Å²) in [4.78, 5) is 0. The standard InChI is InChI=1S/C21H30N2O2/c1-4-21(25-20-15-11-8-12-16-20)23(6-3)22(5-2)17-18-24-19-13-9-7-10-14-19/h7-16,21H,4-6,17-18H2,1-3H3. The maximum Gasteiger partial charge on any atom is 0.164 e. The summed E-state index contributed by atoms with van der Waals surface area (Å²) in [5.41, 5.74) is 0. The number of benzene rings is 2. The Hall–Kier alpha value is -2.04. The first kappa shape index (κ1) is 19.3. The summed E-state index contributed by atoms with van der Waals surface area (Å²) in [6.07, 6.45) is 0.933. The number of rotatable bonds is 11. The summed E-state index contributed by atoms with van der Waals surface area (Å²) < 4.78 is 12.1. The maximum atomic E-state index is 6.21. The molecule has 0 aliphatic heterocycles. The molecule has 0 bridgehead atoms. The van der Waals surface area contributed by atoms with Gasteiger partial charge in [-0.3, -0.25) is 0 Å². The van der Waals surface area contributed by atoms with Crippen LogP contribution in [0, 0.1) is 0 Å². The van der Waals surface area contributed by atoms with Gasteiger partial charge in [0.15, 0.2) is 6.23 Å². The van der Waals surface area contributed by atoms with E-state index in [0.29, 0.717) is 6.61 Å². The molecule has 0 aromatic heterocycles. The van der Waals surface area contributed by atoms with Gasteiger partial charge in [0.2, 0.25) is 0 Å². The Labute approximate surface area is 151 Å². The molecule has 1 unspecified atom stereocenters. The van der Waals surface area contributed by atoms with Crippen molar-refractivity contribution in [3.63, 3.8) is 0 Å². The number of ether oxygens (including phenoxy) is 2. The Morgan fingerprint density at radius 2 is 1.40 bits per heavy atom. The molecule has 0 aliphatic carbocycles.